The second-order valence-electron chi connectivity index (χ2n) is 4.63. The van der Waals surface area contributed by atoms with Crippen LogP contribution in [0.2, 0.25) is 0 Å². The summed E-state index contributed by atoms with van der Waals surface area (Å²) in [5, 5.41) is 22.2. The fraction of sp³-hybridized carbons (Fsp3) is 0.462. The summed E-state index contributed by atoms with van der Waals surface area (Å²) in [5.41, 5.74) is 0.622. The molecule has 1 aromatic carbocycles. The van der Waals surface area contributed by atoms with E-state index in [1.807, 2.05) is 11.8 Å². The van der Waals surface area contributed by atoms with E-state index in [2.05, 4.69) is 5.32 Å². The maximum atomic E-state index is 11.5. The molecule has 0 amide bonds. The summed E-state index contributed by atoms with van der Waals surface area (Å²) >= 11 is 0. The average Bonchev–Trinajstić information content (AvgIpc) is 2.32. The molecule has 2 unspecified atom stereocenters. The first-order valence-electron chi connectivity index (χ1n) is 6.08. The summed E-state index contributed by atoms with van der Waals surface area (Å²) in [6.07, 6.45) is 0. The SMILES string of the molecule is CC1CNCCN1C(C(=O)O)c1cccc(O)c1. The normalized spacial score (nSPS) is 22.6. The van der Waals surface area contributed by atoms with Crippen LogP contribution in [0.5, 0.6) is 5.75 Å². The fourth-order valence-corrected chi connectivity index (χ4v) is 2.41. The van der Waals surface area contributed by atoms with Gasteiger partial charge >= 0.3 is 5.97 Å². The van der Waals surface area contributed by atoms with E-state index < -0.39 is 12.0 Å². The van der Waals surface area contributed by atoms with Gasteiger partial charge in [-0.3, -0.25) is 9.69 Å². The smallest absolute Gasteiger partial charge is 0.325 e. The number of carbonyl (C=O) groups is 1. The van der Waals surface area contributed by atoms with E-state index in [0.717, 1.165) is 13.1 Å². The molecule has 98 valence electrons. The molecular weight excluding hydrogens is 232 g/mol. The van der Waals surface area contributed by atoms with Crippen LogP contribution >= 0.6 is 0 Å². The lowest BCUT2D eigenvalue weighted by Crippen LogP contribution is -2.52. The molecule has 0 aliphatic carbocycles. The maximum Gasteiger partial charge on any atom is 0.325 e. The summed E-state index contributed by atoms with van der Waals surface area (Å²) in [7, 11) is 0. The number of phenols is 1. The highest BCUT2D eigenvalue weighted by molar-refractivity contribution is 5.75. The van der Waals surface area contributed by atoms with Crippen molar-refractivity contribution in [3.8, 4) is 5.75 Å². The molecule has 1 aliphatic rings. The lowest BCUT2D eigenvalue weighted by molar-refractivity contribution is -0.145. The molecule has 2 atom stereocenters. The largest absolute Gasteiger partial charge is 0.508 e. The Morgan fingerprint density at radius 2 is 2.33 bits per heavy atom. The van der Waals surface area contributed by atoms with Crippen molar-refractivity contribution in [2.45, 2.75) is 19.0 Å². The fourth-order valence-electron chi connectivity index (χ4n) is 2.41. The number of aromatic hydroxyl groups is 1. The van der Waals surface area contributed by atoms with Crippen LogP contribution in [0.15, 0.2) is 24.3 Å². The topological polar surface area (TPSA) is 72.8 Å². The Balaban J connectivity index is 2.30. The van der Waals surface area contributed by atoms with Gasteiger partial charge in [-0.15, -0.1) is 0 Å². The van der Waals surface area contributed by atoms with Gasteiger partial charge in [0, 0.05) is 25.7 Å². The van der Waals surface area contributed by atoms with E-state index in [4.69, 9.17) is 0 Å². The summed E-state index contributed by atoms with van der Waals surface area (Å²) in [4.78, 5) is 13.5. The molecule has 1 aliphatic heterocycles. The molecular formula is C13H18N2O3. The van der Waals surface area contributed by atoms with E-state index in [0.29, 0.717) is 12.1 Å². The van der Waals surface area contributed by atoms with Gasteiger partial charge in [0.25, 0.3) is 0 Å². The quantitative estimate of drug-likeness (QED) is 0.740. The van der Waals surface area contributed by atoms with E-state index in [1.54, 1.807) is 18.2 Å². The highest BCUT2D eigenvalue weighted by Crippen LogP contribution is 2.26. The standard InChI is InChI=1S/C13H18N2O3/c1-9-8-14-5-6-15(9)12(13(17)18)10-3-2-4-11(16)7-10/h2-4,7,9,12,14,16H,5-6,8H2,1H3,(H,17,18). The second-order valence-corrected chi connectivity index (χ2v) is 4.63. The van der Waals surface area contributed by atoms with Crippen molar-refractivity contribution < 1.29 is 15.0 Å². The Bertz CT molecular complexity index is 436. The van der Waals surface area contributed by atoms with Crippen LogP contribution in [0.1, 0.15) is 18.5 Å². The van der Waals surface area contributed by atoms with Crippen LogP contribution in [0.3, 0.4) is 0 Å². The van der Waals surface area contributed by atoms with Gasteiger partial charge in [-0.1, -0.05) is 12.1 Å². The van der Waals surface area contributed by atoms with Crippen molar-refractivity contribution in [2.24, 2.45) is 0 Å². The van der Waals surface area contributed by atoms with Gasteiger partial charge < -0.3 is 15.5 Å². The summed E-state index contributed by atoms with van der Waals surface area (Å²) < 4.78 is 0. The van der Waals surface area contributed by atoms with Gasteiger partial charge in [-0.05, 0) is 24.6 Å². The monoisotopic (exact) mass is 250 g/mol. The number of rotatable bonds is 3. The number of hydrogen-bond donors (Lipinski definition) is 3. The molecule has 1 aromatic rings. The Kier molecular flexibility index (Phi) is 3.84. The average molecular weight is 250 g/mol. The number of hydrogen-bond acceptors (Lipinski definition) is 4. The van der Waals surface area contributed by atoms with Gasteiger partial charge in [0.05, 0.1) is 0 Å². The van der Waals surface area contributed by atoms with E-state index in [1.165, 1.54) is 6.07 Å². The molecule has 1 saturated heterocycles. The Hall–Kier alpha value is -1.59. The van der Waals surface area contributed by atoms with Crippen molar-refractivity contribution in [1.29, 1.82) is 0 Å². The number of carboxylic acid groups (broad SMARTS) is 1. The van der Waals surface area contributed by atoms with Crippen molar-refractivity contribution in [3.63, 3.8) is 0 Å². The highest BCUT2D eigenvalue weighted by atomic mass is 16.4. The van der Waals surface area contributed by atoms with Crippen LogP contribution < -0.4 is 5.32 Å². The first kappa shape index (κ1) is 12.9. The predicted octanol–water partition coefficient (Wildman–Crippen LogP) is 0.812. The molecule has 3 N–H and O–H groups in total. The lowest BCUT2D eigenvalue weighted by Gasteiger charge is -2.38. The zero-order chi connectivity index (χ0) is 13.1. The minimum absolute atomic E-state index is 0.0986. The third-order valence-corrected chi connectivity index (χ3v) is 3.30. The molecule has 18 heavy (non-hydrogen) atoms. The number of nitrogens with zero attached hydrogens (tertiary/aromatic N) is 1. The van der Waals surface area contributed by atoms with E-state index >= 15 is 0 Å². The minimum Gasteiger partial charge on any atom is -0.508 e. The van der Waals surface area contributed by atoms with Crippen LogP contribution in [-0.4, -0.2) is 46.8 Å². The number of phenolic OH excluding ortho intramolecular Hbond substituents is 1. The van der Waals surface area contributed by atoms with Gasteiger partial charge in [0.15, 0.2) is 0 Å². The predicted molar refractivity (Wildman–Crippen MR) is 67.5 cm³/mol. The van der Waals surface area contributed by atoms with Crippen LogP contribution in [0, 0.1) is 0 Å². The van der Waals surface area contributed by atoms with Gasteiger partial charge in [0.2, 0.25) is 0 Å². The minimum atomic E-state index is -0.880. The first-order valence-corrected chi connectivity index (χ1v) is 6.08. The van der Waals surface area contributed by atoms with Crippen molar-refractivity contribution >= 4 is 5.97 Å². The second kappa shape index (κ2) is 5.37. The van der Waals surface area contributed by atoms with Crippen LogP contribution in [0.4, 0.5) is 0 Å². The molecule has 0 radical (unpaired) electrons. The highest BCUT2D eigenvalue weighted by Gasteiger charge is 2.32. The number of piperazine rings is 1. The lowest BCUT2D eigenvalue weighted by atomic mass is 10.0. The van der Waals surface area contributed by atoms with Crippen LogP contribution in [-0.2, 0) is 4.79 Å². The van der Waals surface area contributed by atoms with E-state index in [9.17, 15) is 15.0 Å². The molecule has 5 nitrogen and oxygen atoms in total. The third-order valence-electron chi connectivity index (χ3n) is 3.30. The van der Waals surface area contributed by atoms with Crippen molar-refractivity contribution in [2.75, 3.05) is 19.6 Å². The zero-order valence-electron chi connectivity index (χ0n) is 10.3. The number of benzene rings is 1. The first-order chi connectivity index (χ1) is 8.59. The molecule has 1 heterocycles. The molecule has 2 rings (SSSR count). The summed E-state index contributed by atoms with van der Waals surface area (Å²) in [6.45, 7) is 4.26. The van der Waals surface area contributed by atoms with Crippen molar-refractivity contribution in [1.82, 2.24) is 10.2 Å². The van der Waals surface area contributed by atoms with Crippen molar-refractivity contribution in [3.05, 3.63) is 29.8 Å². The van der Waals surface area contributed by atoms with E-state index in [-0.39, 0.29) is 11.8 Å². The number of nitrogens with one attached hydrogen (secondary N) is 1. The Morgan fingerprint density at radius 1 is 1.56 bits per heavy atom. The molecule has 0 spiro atoms. The Morgan fingerprint density at radius 3 is 2.94 bits per heavy atom. The van der Waals surface area contributed by atoms with Gasteiger partial charge in [-0.25, -0.2) is 0 Å². The molecule has 0 aromatic heterocycles. The molecule has 1 fully saturated rings. The van der Waals surface area contributed by atoms with Gasteiger partial charge in [-0.2, -0.15) is 0 Å². The molecule has 0 bridgehead atoms. The molecule has 5 heteroatoms. The molecule has 0 saturated carbocycles. The number of carboxylic acids is 1. The van der Waals surface area contributed by atoms with Gasteiger partial charge in [0.1, 0.15) is 11.8 Å². The Labute approximate surface area is 106 Å². The summed E-state index contributed by atoms with van der Waals surface area (Å²) in [6, 6.07) is 5.94. The third kappa shape index (κ3) is 2.63. The zero-order valence-corrected chi connectivity index (χ0v) is 10.3. The maximum absolute atomic E-state index is 11.5. The number of aliphatic carboxylic acids is 1. The summed E-state index contributed by atoms with van der Waals surface area (Å²) in [5.74, 6) is -0.782. The van der Waals surface area contributed by atoms with Crippen LogP contribution in [0.25, 0.3) is 0 Å².